The molecule has 0 radical (unpaired) electrons. The van der Waals surface area contributed by atoms with Gasteiger partial charge in [-0.3, -0.25) is 0 Å². The quantitative estimate of drug-likeness (QED) is 0.698. The molecule has 2 heterocycles. The smallest absolute Gasteiger partial charge is 0.410 e. The number of nitrogens with zero attached hydrogens (tertiary/aromatic N) is 1. The van der Waals surface area contributed by atoms with Crippen LogP contribution in [0.4, 0.5) is 4.79 Å². The minimum Gasteiger partial charge on any atom is -0.444 e. The van der Waals surface area contributed by atoms with Gasteiger partial charge in [0.2, 0.25) is 0 Å². The van der Waals surface area contributed by atoms with Crippen molar-refractivity contribution in [3.63, 3.8) is 0 Å². The van der Waals surface area contributed by atoms with Crippen molar-refractivity contribution in [3.8, 4) is 0 Å². The first kappa shape index (κ1) is 15.4. The number of carbonyl (C=O) groups excluding carboxylic acids is 1. The van der Waals surface area contributed by atoms with Crippen LogP contribution in [0.5, 0.6) is 0 Å². The summed E-state index contributed by atoms with van der Waals surface area (Å²) < 4.78 is 5.58. The average molecular weight is 295 g/mol. The number of hydrogen-bond acceptors (Lipinski definition) is 3. The van der Waals surface area contributed by atoms with Gasteiger partial charge in [0.15, 0.2) is 0 Å². The van der Waals surface area contributed by atoms with E-state index in [9.17, 15) is 4.79 Å². The Kier molecular flexibility index (Phi) is 3.89. The highest BCUT2D eigenvalue weighted by Gasteiger charge is 2.40. The zero-order valence-corrected chi connectivity index (χ0v) is 14.1. The summed E-state index contributed by atoms with van der Waals surface area (Å²) in [6.45, 7) is 13.0. The molecule has 0 saturated heterocycles. The highest BCUT2D eigenvalue weighted by molar-refractivity contribution is 7.10. The van der Waals surface area contributed by atoms with Crippen LogP contribution in [0.1, 0.15) is 58.0 Å². The summed E-state index contributed by atoms with van der Waals surface area (Å²) in [5.41, 5.74) is 0.835. The second-order valence-corrected chi connectivity index (χ2v) is 8.49. The molecule has 3 nitrogen and oxygen atoms in total. The van der Waals surface area contributed by atoms with Gasteiger partial charge in [-0.1, -0.05) is 20.8 Å². The Morgan fingerprint density at radius 1 is 1.30 bits per heavy atom. The van der Waals surface area contributed by atoms with Gasteiger partial charge in [0, 0.05) is 11.4 Å². The Balaban J connectivity index is 2.32. The minimum atomic E-state index is -0.450. The summed E-state index contributed by atoms with van der Waals surface area (Å²) in [4.78, 5) is 15.8. The van der Waals surface area contributed by atoms with Crippen LogP contribution in [0.25, 0.3) is 0 Å². The summed E-state index contributed by atoms with van der Waals surface area (Å²) in [5.74, 6) is 0. The molecular weight excluding hydrogens is 270 g/mol. The van der Waals surface area contributed by atoms with Crippen molar-refractivity contribution in [2.45, 2.75) is 59.6 Å². The van der Waals surface area contributed by atoms with E-state index in [1.54, 1.807) is 11.3 Å². The van der Waals surface area contributed by atoms with Crippen LogP contribution < -0.4 is 0 Å². The van der Waals surface area contributed by atoms with Crippen molar-refractivity contribution in [3.05, 3.63) is 21.9 Å². The molecule has 1 aromatic heterocycles. The zero-order chi connectivity index (χ0) is 15.1. The maximum Gasteiger partial charge on any atom is 0.410 e. The topological polar surface area (TPSA) is 29.5 Å². The number of amides is 1. The van der Waals surface area contributed by atoms with E-state index in [4.69, 9.17) is 4.74 Å². The molecule has 1 unspecified atom stereocenters. The van der Waals surface area contributed by atoms with E-state index in [2.05, 4.69) is 32.2 Å². The zero-order valence-electron chi connectivity index (χ0n) is 13.3. The SMILES string of the molecule is CC(C)(C)OC(=O)N1CCc2sccc2C1C(C)(C)C. The van der Waals surface area contributed by atoms with Gasteiger partial charge in [-0.15, -0.1) is 11.3 Å². The minimum absolute atomic E-state index is 0.00680. The Hall–Kier alpha value is -1.03. The molecule has 0 aliphatic carbocycles. The van der Waals surface area contributed by atoms with E-state index < -0.39 is 5.60 Å². The first-order chi connectivity index (χ1) is 9.09. The number of fused-ring (bicyclic) bond motifs is 1. The van der Waals surface area contributed by atoms with Gasteiger partial charge in [-0.05, 0) is 49.6 Å². The third kappa shape index (κ3) is 3.17. The van der Waals surface area contributed by atoms with E-state index in [1.807, 2.05) is 25.7 Å². The monoisotopic (exact) mass is 295 g/mol. The fourth-order valence-corrected chi connectivity index (χ4v) is 3.67. The van der Waals surface area contributed by atoms with Crippen LogP contribution in [0.3, 0.4) is 0 Å². The van der Waals surface area contributed by atoms with Gasteiger partial charge >= 0.3 is 6.09 Å². The lowest BCUT2D eigenvalue weighted by molar-refractivity contribution is -0.000683. The maximum atomic E-state index is 12.5. The van der Waals surface area contributed by atoms with E-state index in [-0.39, 0.29) is 17.6 Å². The van der Waals surface area contributed by atoms with Gasteiger partial charge in [0.05, 0.1) is 6.04 Å². The summed E-state index contributed by atoms with van der Waals surface area (Å²) in [6, 6.07) is 2.25. The predicted molar refractivity (Wildman–Crippen MR) is 83.2 cm³/mol. The first-order valence-corrected chi connectivity index (χ1v) is 8.03. The molecule has 1 aliphatic rings. The Morgan fingerprint density at radius 3 is 2.50 bits per heavy atom. The molecule has 112 valence electrons. The number of thiophene rings is 1. The molecule has 4 heteroatoms. The average Bonchev–Trinajstić information content (AvgIpc) is 2.71. The molecule has 1 amide bonds. The number of hydrogen-bond donors (Lipinski definition) is 0. The molecule has 0 fully saturated rings. The highest BCUT2D eigenvalue weighted by Crippen LogP contribution is 2.44. The van der Waals surface area contributed by atoms with Crippen molar-refractivity contribution < 1.29 is 9.53 Å². The molecule has 0 saturated carbocycles. The second-order valence-electron chi connectivity index (χ2n) is 7.49. The lowest BCUT2D eigenvalue weighted by atomic mass is 9.79. The van der Waals surface area contributed by atoms with Crippen molar-refractivity contribution in [1.29, 1.82) is 0 Å². The number of ether oxygens (including phenoxy) is 1. The fraction of sp³-hybridized carbons (Fsp3) is 0.688. The van der Waals surface area contributed by atoms with Gasteiger partial charge in [-0.25, -0.2) is 4.79 Å². The summed E-state index contributed by atoms with van der Waals surface area (Å²) in [5, 5.41) is 2.13. The van der Waals surface area contributed by atoms with Crippen LogP contribution in [0, 0.1) is 5.41 Å². The van der Waals surface area contributed by atoms with Crippen LogP contribution >= 0.6 is 11.3 Å². The third-order valence-electron chi connectivity index (χ3n) is 3.41. The molecule has 0 bridgehead atoms. The van der Waals surface area contributed by atoms with E-state index in [0.29, 0.717) is 0 Å². The van der Waals surface area contributed by atoms with Crippen LogP contribution in [0.2, 0.25) is 0 Å². The molecular formula is C16H25NO2S. The lowest BCUT2D eigenvalue weighted by Crippen LogP contribution is -2.46. The summed E-state index contributed by atoms with van der Waals surface area (Å²) in [7, 11) is 0. The van der Waals surface area contributed by atoms with Gasteiger partial charge in [-0.2, -0.15) is 0 Å². The molecule has 0 spiro atoms. The van der Waals surface area contributed by atoms with Gasteiger partial charge < -0.3 is 9.64 Å². The van der Waals surface area contributed by atoms with Crippen molar-refractivity contribution in [2.75, 3.05) is 6.54 Å². The standard InChI is InChI=1S/C16H25NO2S/c1-15(2,3)13-11-8-10-20-12(11)7-9-17(13)14(18)19-16(4,5)6/h8,10,13H,7,9H2,1-6H3. The van der Waals surface area contributed by atoms with Crippen LogP contribution in [-0.4, -0.2) is 23.1 Å². The van der Waals surface area contributed by atoms with Crippen LogP contribution in [-0.2, 0) is 11.2 Å². The van der Waals surface area contributed by atoms with E-state index in [0.717, 1.165) is 13.0 Å². The van der Waals surface area contributed by atoms with E-state index >= 15 is 0 Å². The molecule has 1 aromatic rings. The molecule has 0 aromatic carbocycles. The van der Waals surface area contributed by atoms with Crippen molar-refractivity contribution >= 4 is 17.4 Å². The molecule has 1 aliphatic heterocycles. The van der Waals surface area contributed by atoms with Gasteiger partial charge in [0.25, 0.3) is 0 Å². The lowest BCUT2D eigenvalue weighted by Gasteiger charge is -2.43. The molecule has 0 N–H and O–H groups in total. The first-order valence-electron chi connectivity index (χ1n) is 7.15. The third-order valence-corrected chi connectivity index (χ3v) is 4.41. The van der Waals surface area contributed by atoms with Gasteiger partial charge in [0.1, 0.15) is 5.60 Å². The summed E-state index contributed by atoms with van der Waals surface area (Å²) >= 11 is 1.79. The fourth-order valence-electron chi connectivity index (χ4n) is 2.77. The second kappa shape index (κ2) is 5.06. The van der Waals surface area contributed by atoms with Crippen LogP contribution in [0.15, 0.2) is 11.4 Å². The molecule has 2 rings (SSSR count). The largest absolute Gasteiger partial charge is 0.444 e. The molecule has 1 atom stereocenters. The Morgan fingerprint density at radius 2 is 1.95 bits per heavy atom. The number of carbonyl (C=O) groups is 1. The Labute approximate surface area is 125 Å². The highest BCUT2D eigenvalue weighted by atomic mass is 32.1. The predicted octanol–water partition coefficient (Wildman–Crippen LogP) is 4.63. The molecule has 20 heavy (non-hydrogen) atoms. The van der Waals surface area contributed by atoms with E-state index in [1.165, 1.54) is 10.4 Å². The van der Waals surface area contributed by atoms with Crippen molar-refractivity contribution in [1.82, 2.24) is 4.90 Å². The maximum absolute atomic E-state index is 12.5. The normalized spacial score (nSPS) is 19.7. The Bertz CT molecular complexity index is 493. The summed E-state index contributed by atoms with van der Waals surface area (Å²) in [6.07, 6.45) is 0.730. The number of rotatable bonds is 0. The van der Waals surface area contributed by atoms with Crippen molar-refractivity contribution in [2.24, 2.45) is 5.41 Å².